The second-order valence-corrected chi connectivity index (χ2v) is 7.80. The smallest absolute Gasteiger partial charge is 0.230 e. The van der Waals surface area contributed by atoms with E-state index in [1.165, 1.54) is 17.8 Å². The fourth-order valence-electron chi connectivity index (χ4n) is 2.51. The minimum absolute atomic E-state index is 0.145. The molecule has 2 aromatic heterocycles. The van der Waals surface area contributed by atoms with Crippen LogP contribution in [0.3, 0.4) is 0 Å². The van der Waals surface area contributed by atoms with Crippen molar-refractivity contribution in [1.29, 1.82) is 0 Å². The van der Waals surface area contributed by atoms with E-state index in [0.29, 0.717) is 16.4 Å². The topological polar surface area (TPSA) is 55.1 Å². The first-order valence-corrected chi connectivity index (χ1v) is 10.1. The summed E-state index contributed by atoms with van der Waals surface area (Å²) >= 11 is 2.73. The predicted molar refractivity (Wildman–Crippen MR) is 106 cm³/mol. The van der Waals surface area contributed by atoms with Gasteiger partial charge in [0, 0.05) is 4.90 Å². The lowest BCUT2D eigenvalue weighted by Crippen LogP contribution is -2.24. The van der Waals surface area contributed by atoms with Crippen molar-refractivity contribution in [2.24, 2.45) is 0 Å². The number of amides is 1. The Kier molecular flexibility index (Phi) is 5.22. The first-order valence-electron chi connectivity index (χ1n) is 8.28. The number of rotatable bonds is 6. The number of hydrogen-bond acceptors (Lipinski definition) is 5. The van der Waals surface area contributed by atoms with Crippen molar-refractivity contribution < 1.29 is 13.6 Å². The molecule has 0 aliphatic heterocycles. The Bertz CT molecular complexity index is 1060. The van der Waals surface area contributed by atoms with E-state index in [9.17, 15) is 9.18 Å². The minimum Gasteiger partial charge on any atom is -0.457 e. The van der Waals surface area contributed by atoms with E-state index in [-0.39, 0.29) is 24.0 Å². The number of benzene rings is 2. The monoisotopic (exact) mass is 398 g/mol. The van der Waals surface area contributed by atoms with E-state index in [2.05, 4.69) is 10.3 Å². The minimum atomic E-state index is -0.318. The van der Waals surface area contributed by atoms with Crippen LogP contribution >= 0.6 is 23.1 Å². The Labute approximate surface area is 163 Å². The fourth-order valence-corrected chi connectivity index (χ4v) is 4.20. The van der Waals surface area contributed by atoms with E-state index >= 15 is 0 Å². The predicted octanol–water partition coefficient (Wildman–Crippen LogP) is 5.10. The molecule has 1 amide bonds. The Morgan fingerprint density at radius 2 is 1.93 bits per heavy atom. The van der Waals surface area contributed by atoms with Gasteiger partial charge in [-0.2, -0.15) is 0 Å². The highest BCUT2D eigenvalue weighted by Gasteiger charge is 2.11. The molecule has 0 atom stereocenters. The zero-order chi connectivity index (χ0) is 18.6. The zero-order valence-corrected chi connectivity index (χ0v) is 15.8. The van der Waals surface area contributed by atoms with Crippen LogP contribution in [0.5, 0.6) is 0 Å². The van der Waals surface area contributed by atoms with Gasteiger partial charge in [-0.05, 0) is 36.4 Å². The average molecular weight is 398 g/mol. The molecule has 0 saturated carbocycles. The maximum atomic E-state index is 13.6. The molecule has 2 heterocycles. The number of aromatic nitrogens is 1. The molecule has 1 N–H and O–H groups in total. The Morgan fingerprint density at radius 3 is 2.78 bits per heavy atom. The van der Waals surface area contributed by atoms with Crippen LogP contribution in [0.1, 0.15) is 5.76 Å². The quantitative estimate of drug-likeness (QED) is 0.459. The van der Waals surface area contributed by atoms with Gasteiger partial charge in [0.05, 0.1) is 22.5 Å². The Hall–Kier alpha value is -2.64. The molecule has 0 spiro atoms. The first kappa shape index (κ1) is 17.8. The molecule has 0 aliphatic rings. The Balaban J connectivity index is 1.34. The molecular formula is C20H15FN2O2S2. The van der Waals surface area contributed by atoms with Crippen LogP contribution in [0.2, 0.25) is 0 Å². The third-order valence-corrected chi connectivity index (χ3v) is 5.92. The number of thioether (sulfide) groups is 1. The number of carbonyl (C=O) groups is 1. The van der Waals surface area contributed by atoms with Gasteiger partial charge in [0.25, 0.3) is 0 Å². The summed E-state index contributed by atoms with van der Waals surface area (Å²) in [5, 5.41) is 3.60. The lowest BCUT2D eigenvalue weighted by atomic mass is 10.3. The van der Waals surface area contributed by atoms with Crippen molar-refractivity contribution >= 4 is 39.2 Å². The molecule has 0 radical (unpaired) electrons. The van der Waals surface area contributed by atoms with Crippen LogP contribution in [0, 0.1) is 5.82 Å². The van der Waals surface area contributed by atoms with E-state index in [4.69, 9.17) is 4.42 Å². The van der Waals surface area contributed by atoms with Gasteiger partial charge in [0.1, 0.15) is 11.6 Å². The molecule has 4 aromatic rings. The summed E-state index contributed by atoms with van der Waals surface area (Å²) in [6.07, 6.45) is 0. The molecule has 0 aliphatic carbocycles. The van der Waals surface area contributed by atoms with Gasteiger partial charge in [0.2, 0.25) is 5.91 Å². The number of thiazole rings is 1. The van der Waals surface area contributed by atoms with Crippen molar-refractivity contribution in [3.8, 4) is 10.8 Å². The molecule has 0 saturated heterocycles. The summed E-state index contributed by atoms with van der Waals surface area (Å²) in [5.41, 5.74) is 0.939. The van der Waals surface area contributed by atoms with Crippen LogP contribution in [0.4, 0.5) is 4.39 Å². The van der Waals surface area contributed by atoms with E-state index in [1.54, 1.807) is 29.5 Å². The third kappa shape index (κ3) is 4.20. The van der Waals surface area contributed by atoms with E-state index in [1.807, 2.05) is 36.4 Å². The number of fused-ring (bicyclic) bond motifs is 1. The average Bonchev–Trinajstić information content (AvgIpc) is 3.32. The highest BCUT2D eigenvalue weighted by Crippen LogP contribution is 2.31. The summed E-state index contributed by atoms with van der Waals surface area (Å²) in [6.45, 7) is 0.279. The molecule has 0 bridgehead atoms. The van der Waals surface area contributed by atoms with Gasteiger partial charge in [-0.1, -0.05) is 24.3 Å². The second-order valence-electron chi connectivity index (χ2n) is 5.75. The van der Waals surface area contributed by atoms with Crippen molar-refractivity contribution in [2.75, 3.05) is 5.75 Å². The summed E-state index contributed by atoms with van der Waals surface area (Å²) in [4.78, 5) is 17.0. The number of nitrogens with zero attached hydrogens (tertiary/aromatic N) is 1. The van der Waals surface area contributed by atoms with Crippen LogP contribution in [-0.2, 0) is 11.3 Å². The number of halogens is 1. The van der Waals surface area contributed by atoms with Crippen molar-refractivity contribution in [1.82, 2.24) is 10.3 Å². The molecule has 4 nitrogen and oxygen atoms in total. The van der Waals surface area contributed by atoms with Crippen molar-refractivity contribution in [2.45, 2.75) is 11.4 Å². The lowest BCUT2D eigenvalue weighted by Gasteiger charge is -2.04. The van der Waals surface area contributed by atoms with Gasteiger partial charge in [0.15, 0.2) is 10.8 Å². The zero-order valence-electron chi connectivity index (χ0n) is 14.1. The van der Waals surface area contributed by atoms with Gasteiger partial charge < -0.3 is 9.73 Å². The normalized spacial score (nSPS) is 11.0. The van der Waals surface area contributed by atoms with Gasteiger partial charge >= 0.3 is 0 Å². The summed E-state index contributed by atoms with van der Waals surface area (Å²) in [7, 11) is 0. The molecular weight excluding hydrogens is 383 g/mol. The van der Waals surface area contributed by atoms with Crippen LogP contribution in [-0.4, -0.2) is 16.6 Å². The Morgan fingerprint density at radius 1 is 1.11 bits per heavy atom. The van der Waals surface area contributed by atoms with Crippen LogP contribution in [0.25, 0.3) is 21.0 Å². The third-order valence-electron chi connectivity index (χ3n) is 3.82. The highest BCUT2D eigenvalue weighted by molar-refractivity contribution is 8.00. The molecule has 2 aromatic carbocycles. The molecule has 0 fully saturated rings. The second kappa shape index (κ2) is 7.94. The summed E-state index contributed by atoms with van der Waals surface area (Å²) in [5.74, 6) is 0.976. The number of hydrogen-bond donors (Lipinski definition) is 1. The van der Waals surface area contributed by atoms with Crippen LogP contribution < -0.4 is 5.32 Å². The van der Waals surface area contributed by atoms with Gasteiger partial charge in [-0.25, -0.2) is 9.37 Å². The SMILES string of the molecule is O=C(CSc1ccccc1F)NCc1ccc(-c2nc3ccccc3s2)o1. The molecule has 136 valence electrons. The molecule has 7 heteroatoms. The first-order chi connectivity index (χ1) is 13.2. The van der Waals surface area contributed by atoms with Crippen molar-refractivity contribution in [3.05, 3.63) is 72.2 Å². The molecule has 0 unspecified atom stereocenters. The number of carbonyl (C=O) groups excluding carboxylic acids is 1. The van der Waals surface area contributed by atoms with Crippen molar-refractivity contribution in [3.63, 3.8) is 0 Å². The van der Waals surface area contributed by atoms with Gasteiger partial charge in [-0.15, -0.1) is 23.1 Å². The van der Waals surface area contributed by atoms with E-state index in [0.717, 1.165) is 15.2 Å². The number of furan rings is 1. The van der Waals surface area contributed by atoms with E-state index < -0.39 is 0 Å². The maximum absolute atomic E-state index is 13.6. The fraction of sp³-hybridized carbons (Fsp3) is 0.100. The number of para-hydroxylation sites is 1. The number of nitrogens with one attached hydrogen (secondary N) is 1. The molecule has 4 rings (SSSR count). The van der Waals surface area contributed by atoms with Crippen LogP contribution in [0.15, 0.2) is 70.0 Å². The summed E-state index contributed by atoms with van der Waals surface area (Å²) < 4.78 is 20.5. The maximum Gasteiger partial charge on any atom is 0.230 e. The highest BCUT2D eigenvalue weighted by atomic mass is 32.2. The summed E-state index contributed by atoms with van der Waals surface area (Å²) in [6, 6.07) is 18.0. The van der Waals surface area contributed by atoms with Gasteiger partial charge in [-0.3, -0.25) is 4.79 Å². The standard InChI is InChI=1S/C20H15FN2O2S2/c21-14-5-1-3-7-17(14)26-12-19(24)22-11-13-9-10-16(25-13)20-23-15-6-2-4-8-18(15)27-20/h1-10H,11-12H2,(H,22,24). The molecule has 27 heavy (non-hydrogen) atoms. The lowest BCUT2D eigenvalue weighted by molar-refractivity contribution is -0.118. The largest absolute Gasteiger partial charge is 0.457 e.